The number of carbonyl (C=O) groups is 2. The second kappa shape index (κ2) is 5.38. The smallest absolute Gasteiger partial charge is 0.330 e. The van der Waals surface area contributed by atoms with Gasteiger partial charge in [0.05, 0.1) is 17.4 Å². The highest BCUT2D eigenvalue weighted by Gasteiger charge is 2.66. The van der Waals surface area contributed by atoms with E-state index in [4.69, 9.17) is 4.74 Å². The highest BCUT2D eigenvalue weighted by molar-refractivity contribution is 7.03. The quantitative estimate of drug-likeness (QED) is 0.866. The number of carbonyl (C=O) groups excluding carboxylic acids is 1. The Kier molecular flexibility index (Phi) is 4.08. The summed E-state index contributed by atoms with van der Waals surface area (Å²) in [6, 6.07) is 0. The van der Waals surface area contributed by atoms with Crippen LogP contribution in [0.4, 0.5) is 0 Å². The number of carboxylic acid groups (broad SMARTS) is 1. The third-order valence-electron chi connectivity index (χ3n) is 4.45. The predicted octanol–water partition coefficient (Wildman–Crippen LogP) is 1.84. The topological polar surface area (TPSA) is 88.5 Å². The summed E-state index contributed by atoms with van der Waals surface area (Å²) in [5.41, 5.74) is -0.951. The molecule has 0 aliphatic heterocycles. The maximum absolute atomic E-state index is 12.3. The van der Waals surface area contributed by atoms with Gasteiger partial charge in [-0.05, 0) is 25.4 Å². The second-order valence-corrected chi connectivity index (χ2v) is 6.48. The van der Waals surface area contributed by atoms with Crippen LogP contribution >= 0.6 is 11.5 Å². The molecular weight excluding hydrogens is 292 g/mol. The minimum Gasteiger partial charge on any atom is -0.479 e. The Hall–Kier alpha value is -1.47. The van der Waals surface area contributed by atoms with Crippen LogP contribution in [-0.2, 0) is 9.53 Å². The van der Waals surface area contributed by atoms with Gasteiger partial charge in [0.15, 0.2) is 0 Å². The fourth-order valence-corrected chi connectivity index (χ4v) is 3.50. The van der Waals surface area contributed by atoms with Crippen LogP contribution in [0.25, 0.3) is 0 Å². The predicted molar refractivity (Wildman–Crippen MR) is 78.5 cm³/mol. The molecule has 2 rings (SSSR count). The monoisotopic (exact) mass is 312 g/mol. The minimum absolute atomic E-state index is 0.180. The molecule has 1 aliphatic carbocycles. The van der Waals surface area contributed by atoms with Crippen LogP contribution in [0.3, 0.4) is 0 Å². The Bertz CT molecular complexity index is 569. The molecule has 1 amide bonds. The van der Waals surface area contributed by atoms with E-state index in [2.05, 4.69) is 9.69 Å². The van der Waals surface area contributed by atoms with Crippen molar-refractivity contribution < 1.29 is 19.4 Å². The van der Waals surface area contributed by atoms with Crippen LogP contribution in [0.2, 0.25) is 0 Å². The first-order chi connectivity index (χ1) is 9.76. The highest BCUT2D eigenvalue weighted by Crippen LogP contribution is 2.51. The number of aromatic nitrogens is 1. The van der Waals surface area contributed by atoms with Crippen LogP contribution in [0.5, 0.6) is 0 Å². The van der Waals surface area contributed by atoms with Gasteiger partial charge in [0.1, 0.15) is 5.54 Å². The zero-order valence-electron chi connectivity index (χ0n) is 12.6. The molecule has 1 aliphatic rings. The standard InChI is InChI=1S/C14H20N2O4S/c1-5-20-10-6-14(12(18)19,13(10,3)4)15-11(17)9-7-21-16-8(9)2/h7,10H,5-6H2,1-4H3,(H,15,17)(H,18,19)/t10-,14-/m1/s1. The molecule has 0 unspecified atom stereocenters. The lowest BCUT2D eigenvalue weighted by Crippen LogP contribution is -2.76. The normalized spacial score (nSPS) is 27.0. The van der Waals surface area contributed by atoms with Gasteiger partial charge >= 0.3 is 5.97 Å². The second-order valence-electron chi connectivity index (χ2n) is 5.85. The van der Waals surface area contributed by atoms with E-state index in [0.717, 1.165) is 0 Å². The van der Waals surface area contributed by atoms with Crippen LogP contribution in [-0.4, -0.2) is 39.6 Å². The van der Waals surface area contributed by atoms with E-state index in [0.29, 0.717) is 17.9 Å². The van der Waals surface area contributed by atoms with Gasteiger partial charge in [0.25, 0.3) is 5.91 Å². The van der Waals surface area contributed by atoms with Crippen molar-refractivity contribution in [1.29, 1.82) is 0 Å². The summed E-state index contributed by atoms with van der Waals surface area (Å²) >= 11 is 1.18. The molecule has 1 aromatic heterocycles. The molecule has 2 atom stereocenters. The molecule has 0 aromatic carbocycles. The van der Waals surface area contributed by atoms with Crippen LogP contribution in [0.15, 0.2) is 5.38 Å². The van der Waals surface area contributed by atoms with E-state index < -0.39 is 22.8 Å². The van der Waals surface area contributed by atoms with E-state index >= 15 is 0 Å². The van der Waals surface area contributed by atoms with Crippen LogP contribution in [0, 0.1) is 12.3 Å². The van der Waals surface area contributed by atoms with Gasteiger partial charge in [-0.3, -0.25) is 4.79 Å². The summed E-state index contributed by atoms with van der Waals surface area (Å²) in [4.78, 5) is 24.1. The van der Waals surface area contributed by atoms with Crippen molar-refractivity contribution in [3.05, 3.63) is 16.6 Å². The fourth-order valence-electron chi connectivity index (χ4n) is 2.81. The molecule has 1 saturated carbocycles. The number of aliphatic carboxylic acids is 1. The summed E-state index contributed by atoms with van der Waals surface area (Å²) in [6.45, 7) is 7.74. The highest BCUT2D eigenvalue weighted by atomic mass is 32.1. The molecule has 116 valence electrons. The first-order valence-electron chi connectivity index (χ1n) is 6.84. The van der Waals surface area contributed by atoms with Gasteiger partial charge in [0, 0.05) is 23.8 Å². The lowest BCUT2D eigenvalue weighted by molar-refractivity contribution is -0.190. The molecule has 2 N–H and O–H groups in total. The first kappa shape index (κ1) is 15.9. The maximum Gasteiger partial charge on any atom is 0.330 e. The Morgan fingerprint density at radius 3 is 2.67 bits per heavy atom. The third-order valence-corrected chi connectivity index (χ3v) is 5.17. The number of rotatable bonds is 5. The number of aryl methyl sites for hydroxylation is 1. The maximum atomic E-state index is 12.3. The molecule has 1 aromatic rings. The molecule has 6 nitrogen and oxygen atoms in total. The van der Waals surface area contributed by atoms with E-state index in [-0.39, 0.29) is 12.5 Å². The molecule has 7 heteroatoms. The molecule has 0 saturated heterocycles. The van der Waals surface area contributed by atoms with Crippen molar-refractivity contribution in [2.75, 3.05) is 6.61 Å². The van der Waals surface area contributed by atoms with Gasteiger partial charge < -0.3 is 15.2 Å². The van der Waals surface area contributed by atoms with Crippen LogP contribution in [0.1, 0.15) is 43.2 Å². The molecule has 0 radical (unpaired) electrons. The number of carboxylic acids is 1. The summed E-state index contributed by atoms with van der Waals surface area (Å²) < 4.78 is 9.62. The van der Waals surface area contributed by atoms with Gasteiger partial charge in [-0.15, -0.1) is 0 Å². The fraction of sp³-hybridized carbons (Fsp3) is 0.643. The molecule has 21 heavy (non-hydrogen) atoms. The first-order valence-corrected chi connectivity index (χ1v) is 7.68. The van der Waals surface area contributed by atoms with E-state index in [1.807, 2.05) is 20.8 Å². The lowest BCUT2D eigenvalue weighted by atomic mass is 9.54. The number of amides is 1. The Balaban J connectivity index is 2.24. The van der Waals surface area contributed by atoms with Gasteiger partial charge in [0.2, 0.25) is 0 Å². The van der Waals surface area contributed by atoms with Crippen molar-refractivity contribution in [2.45, 2.75) is 45.8 Å². The zero-order chi connectivity index (χ0) is 15.8. The summed E-state index contributed by atoms with van der Waals surface area (Å²) in [5, 5.41) is 14.0. The van der Waals surface area contributed by atoms with Crippen LogP contribution < -0.4 is 5.32 Å². The zero-order valence-corrected chi connectivity index (χ0v) is 13.4. The van der Waals surface area contributed by atoms with Crippen molar-refractivity contribution >= 4 is 23.4 Å². The third kappa shape index (κ3) is 2.34. The number of hydrogen-bond acceptors (Lipinski definition) is 5. The van der Waals surface area contributed by atoms with Crippen molar-refractivity contribution in [3.8, 4) is 0 Å². The summed E-state index contributed by atoms with van der Waals surface area (Å²) in [5.74, 6) is -1.43. The SMILES string of the molecule is CCO[C@@H]1C[C@@](NC(=O)c2csnc2C)(C(=O)O)C1(C)C. The minimum atomic E-state index is -1.31. The largest absolute Gasteiger partial charge is 0.479 e. The van der Waals surface area contributed by atoms with Gasteiger partial charge in [-0.2, -0.15) is 4.37 Å². The van der Waals surface area contributed by atoms with Gasteiger partial charge in [-0.1, -0.05) is 13.8 Å². The van der Waals surface area contributed by atoms with Gasteiger partial charge in [-0.25, -0.2) is 4.79 Å². The Labute approximate surface area is 127 Å². The molecule has 1 fully saturated rings. The average Bonchev–Trinajstić information content (AvgIpc) is 2.83. The molecular formula is C14H20N2O4S. The van der Waals surface area contributed by atoms with E-state index in [1.54, 1.807) is 12.3 Å². The van der Waals surface area contributed by atoms with Crippen molar-refractivity contribution in [1.82, 2.24) is 9.69 Å². The molecule has 0 spiro atoms. The van der Waals surface area contributed by atoms with Crippen molar-refractivity contribution in [3.63, 3.8) is 0 Å². The number of nitrogens with zero attached hydrogens (tertiary/aromatic N) is 1. The molecule has 0 bridgehead atoms. The number of nitrogens with one attached hydrogen (secondary N) is 1. The van der Waals surface area contributed by atoms with E-state index in [1.165, 1.54) is 11.5 Å². The van der Waals surface area contributed by atoms with E-state index in [9.17, 15) is 14.7 Å². The lowest BCUT2D eigenvalue weighted by Gasteiger charge is -2.58. The number of hydrogen-bond donors (Lipinski definition) is 2. The average molecular weight is 312 g/mol. The Morgan fingerprint density at radius 2 is 2.24 bits per heavy atom. The summed E-state index contributed by atoms with van der Waals surface area (Å²) in [6.07, 6.45) is 0.0894. The van der Waals surface area contributed by atoms with Crippen molar-refractivity contribution in [2.24, 2.45) is 5.41 Å². The number of ether oxygens (including phenoxy) is 1. The Morgan fingerprint density at radius 1 is 1.57 bits per heavy atom. The molecule has 1 heterocycles. The summed E-state index contributed by atoms with van der Waals surface area (Å²) in [7, 11) is 0.